The second kappa shape index (κ2) is 8.27. The van der Waals surface area contributed by atoms with Gasteiger partial charge in [-0.2, -0.15) is 8.78 Å². The van der Waals surface area contributed by atoms with Crippen molar-refractivity contribution in [3.8, 4) is 5.75 Å². The number of amides is 1. The van der Waals surface area contributed by atoms with Crippen LogP contribution < -0.4 is 10.1 Å². The van der Waals surface area contributed by atoms with E-state index in [1.807, 2.05) is 0 Å². The molecule has 0 aromatic heterocycles. The van der Waals surface area contributed by atoms with Crippen molar-refractivity contribution in [1.82, 2.24) is 5.32 Å². The standard InChI is InChI=1S/C18H19F2NO4S/c1-12(14-6-4-8-16(10-14)25-18(19)20)21-17(22)15-7-3-5-13(9-15)11-26(2,23)24/h3-10,12,18H,11H2,1-2H3,(H,21,22). The average Bonchev–Trinajstić information content (AvgIpc) is 2.53. The highest BCUT2D eigenvalue weighted by molar-refractivity contribution is 7.89. The number of alkyl halides is 2. The highest BCUT2D eigenvalue weighted by Gasteiger charge is 2.14. The van der Waals surface area contributed by atoms with Gasteiger partial charge in [0.1, 0.15) is 5.75 Å². The van der Waals surface area contributed by atoms with Gasteiger partial charge in [-0.25, -0.2) is 8.42 Å². The van der Waals surface area contributed by atoms with Crippen molar-refractivity contribution in [2.45, 2.75) is 25.3 Å². The van der Waals surface area contributed by atoms with E-state index in [9.17, 15) is 22.0 Å². The van der Waals surface area contributed by atoms with E-state index in [2.05, 4.69) is 10.1 Å². The summed E-state index contributed by atoms with van der Waals surface area (Å²) in [7, 11) is -3.21. The molecule has 1 atom stereocenters. The summed E-state index contributed by atoms with van der Waals surface area (Å²) >= 11 is 0. The van der Waals surface area contributed by atoms with Crippen LogP contribution in [0.5, 0.6) is 5.75 Å². The molecule has 0 bridgehead atoms. The number of hydrogen-bond acceptors (Lipinski definition) is 4. The zero-order valence-corrected chi connectivity index (χ0v) is 15.1. The van der Waals surface area contributed by atoms with Gasteiger partial charge in [-0.05, 0) is 42.3 Å². The van der Waals surface area contributed by atoms with E-state index in [1.54, 1.807) is 37.3 Å². The maximum atomic E-state index is 12.4. The van der Waals surface area contributed by atoms with E-state index in [4.69, 9.17) is 0 Å². The zero-order valence-electron chi connectivity index (χ0n) is 14.3. The van der Waals surface area contributed by atoms with Gasteiger partial charge in [-0.1, -0.05) is 24.3 Å². The second-order valence-corrected chi connectivity index (χ2v) is 8.06. The van der Waals surface area contributed by atoms with E-state index in [0.717, 1.165) is 6.26 Å². The summed E-state index contributed by atoms with van der Waals surface area (Å²) in [4.78, 5) is 12.4. The van der Waals surface area contributed by atoms with Crippen LogP contribution in [0.3, 0.4) is 0 Å². The third-order valence-electron chi connectivity index (χ3n) is 3.55. The molecule has 0 aliphatic heterocycles. The summed E-state index contributed by atoms with van der Waals surface area (Å²) in [6.45, 7) is -1.22. The first-order valence-corrected chi connectivity index (χ1v) is 9.82. The molecule has 8 heteroatoms. The van der Waals surface area contributed by atoms with Gasteiger partial charge in [0.2, 0.25) is 0 Å². The Morgan fingerprint density at radius 3 is 2.50 bits per heavy atom. The lowest BCUT2D eigenvalue weighted by Gasteiger charge is -2.16. The summed E-state index contributed by atoms with van der Waals surface area (Å²) in [5.41, 5.74) is 1.43. The number of hydrogen-bond donors (Lipinski definition) is 1. The Labute approximate surface area is 150 Å². The van der Waals surface area contributed by atoms with E-state index in [-0.39, 0.29) is 11.5 Å². The van der Waals surface area contributed by atoms with Crippen molar-refractivity contribution in [2.75, 3.05) is 6.26 Å². The van der Waals surface area contributed by atoms with Gasteiger partial charge in [0.25, 0.3) is 5.91 Å². The Hall–Kier alpha value is -2.48. The number of carbonyl (C=O) groups is 1. The molecule has 0 aliphatic rings. The van der Waals surface area contributed by atoms with E-state index in [0.29, 0.717) is 16.7 Å². The quantitative estimate of drug-likeness (QED) is 0.796. The lowest BCUT2D eigenvalue weighted by atomic mass is 10.1. The molecule has 0 saturated carbocycles. The molecular weight excluding hydrogens is 364 g/mol. The van der Waals surface area contributed by atoms with Gasteiger partial charge >= 0.3 is 6.61 Å². The number of sulfone groups is 1. The number of halogens is 2. The first kappa shape index (κ1) is 19.8. The topological polar surface area (TPSA) is 72.5 Å². The summed E-state index contributed by atoms with van der Waals surface area (Å²) in [6.07, 6.45) is 1.12. The molecule has 0 saturated heterocycles. The number of carbonyl (C=O) groups excluding carboxylic acids is 1. The van der Waals surface area contributed by atoms with Gasteiger partial charge in [0, 0.05) is 11.8 Å². The van der Waals surface area contributed by atoms with E-state index < -0.39 is 28.4 Å². The molecule has 0 fully saturated rings. The van der Waals surface area contributed by atoms with Crippen molar-refractivity contribution >= 4 is 15.7 Å². The summed E-state index contributed by atoms with van der Waals surface area (Å²) in [5.74, 6) is -0.543. The fourth-order valence-electron chi connectivity index (χ4n) is 2.43. The smallest absolute Gasteiger partial charge is 0.387 e. The minimum Gasteiger partial charge on any atom is -0.435 e. The van der Waals surface area contributed by atoms with Crippen LogP contribution in [0, 0.1) is 0 Å². The van der Waals surface area contributed by atoms with Crippen LogP contribution in [0.25, 0.3) is 0 Å². The largest absolute Gasteiger partial charge is 0.435 e. The fraction of sp³-hybridized carbons (Fsp3) is 0.278. The minimum absolute atomic E-state index is 0.00810. The maximum Gasteiger partial charge on any atom is 0.387 e. The Kier molecular flexibility index (Phi) is 6.31. The van der Waals surface area contributed by atoms with Crippen molar-refractivity contribution in [2.24, 2.45) is 0 Å². The molecule has 0 radical (unpaired) electrons. The van der Waals surface area contributed by atoms with Gasteiger partial charge in [-0.15, -0.1) is 0 Å². The predicted octanol–water partition coefficient (Wildman–Crippen LogP) is 3.32. The normalized spacial score (nSPS) is 12.7. The zero-order chi connectivity index (χ0) is 19.3. The summed E-state index contributed by atoms with van der Waals surface area (Å²) < 4.78 is 51.7. The first-order chi connectivity index (χ1) is 12.1. The number of benzene rings is 2. The fourth-order valence-corrected chi connectivity index (χ4v) is 3.21. The Balaban J connectivity index is 2.11. The van der Waals surface area contributed by atoms with Crippen LogP contribution in [0.2, 0.25) is 0 Å². The molecule has 0 heterocycles. The minimum atomic E-state index is -3.21. The molecule has 0 aliphatic carbocycles. The summed E-state index contributed by atoms with van der Waals surface area (Å²) in [6, 6.07) is 11.9. The SMILES string of the molecule is CC(NC(=O)c1cccc(CS(C)(=O)=O)c1)c1cccc(OC(F)F)c1. The molecule has 1 N–H and O–H groups in total. The average molecular weight is 383 g/mol. The molecule has 5 nitrogen and oxygen atoms in total. The van der Waals surface area contributed by atoms with Crippen LogP contribution in [-0.2, 0) is 15.6 Å². The van der Waals surface area contributed by atoms with Gasteiger partial charge < -0.3 is 10.1 Å². The highest BCUT2D eigenvalue weighted by atomic mass is 32.2. The number of nitrogens with one attached hydrogen (secondary N) is 1. The molecule has 2 aromatic rings. The van der Waals surface area contributed by atoms with Gasteiger partial charge in [-0.3, -0.25) is 4.79 Å². The third-order valence-corrected chi connectivity index (χ3v) is 4.41. The molecule has 0 spiro atoms. The molecule has 26 heavy (non-hydrogen) atoms. The lowest BCUT2D eigenvalue weighted by molar-refractivity contribution is -0.0499. The third kappa shape index (κ3) is 6.11. The lowest BCUT2D eigenvalue weighted by Crippen LogP contribution is -2.26. The Morgan fingerprint density at radius 2 is 1.85 bits per heavy atom. The molecular formula is C18H19F2NO4S. The Bertz CT molecular complexity index is 884. The monoisotopic (exact) mass is 383 g/mol. The number of ether oxygens (including phenoxy) is 1. The molecule has 2 aromatic carbocycles. The molecule has 140 valence electrons. The van der Waals surface area contributed by atoms with Gasteiger partial charge in [0.15, 0.2) is 9.84 Å². The number of rotatable bonds is 7. The summed E-state index contributed by atoms with van der Waals surface area (Å²) in [5, 5.41) is 2.75. The second-order valence-electron chi connectivity index (χ2n) is 5.92. The van der Waals surface area contributed by atoms with Crippen molar-refractivity contribution in [3.05, 3.63) is 65.2 Å². The van der Waals surface area contributed by atoms with Crippen LogP contribution in [-0.4, -0.2) is 27.2 Å². The molecule has 2 rings (SSSR count). The van der Waals surface area contributed by atoms with Crippen LogP contribution >= 0.6 is 0 Å². The van der Waals surface area contributed by atoms with Gasteiger partial charge in [0.05, 0.1) is 11.8 Å². The van der Waals surface area contributed by atoms with E-state index in [1.165, 1.54) is 18.2 Å². The molecule has 1 amide bonds. The van der Waals surface area contributed by atoms with Crippen molar-refractivity contribution < 1.29 is 26.7 Å². The van der Waals surface area contributed by atoms with Crippen molar-refractivity contribution in [1.29, 1.82) is 0 Å². The van der Waals surface area contributed by atoms with E-state index >= 15 is 0 Å². The van der Waals surface area contributed by atoms with Crippen LogP contribution in [0.4, 0.5) is 8.78 Å². The first-order valence-electron chi connectivity index (χ1n) is 7.76. The molecule has 1 unspecified atom stereocenters. The Morgan fingerprint density at radius 1 is 1.15 bits per heavy atom. The van der Waals surface area contributed by atoms with Crippen LogP contribution in [0.1, 0.15) is 34.5 Å². The van der Waals surface area contributed by atoms with Crippen molar-refractivity contribution in [3.63, 3.8) is 0 Å². The van der Waals surface area contributed by atoms with Crippen LogP contribution in [0.15, 0.2) is 48.5 Å². The predicted molar refractivity (Wildman–Crippen MR) is 93.9 cm³/mol. The highest BCUT2D eigenvalue weighted by Crippen LogP contribution is 2.21. The maximum absolute atomic E-state index is 12.4.